The maximum atomic E-state index is 12.0. The first-order valence-corrected chi connectivity index (χ1v) is 9.87. The molecule has 0 fully saturated rings. The number of halogens is 2. The van der Waals surface area contributed by atoms with Gasteiger partial charge in [-0.25, -0.2) is 5.43 Å². The molecule has 0 spiro atoms. The Balaban J connectivity index is 1.81. The van der Waals surface area contributed by atoms with Crippen molar-refractivity contribution in [1.29, 1.82) is 0 Å². The van der Waals surface area contributed by atoms with E-state index in [4.69, 9.17) is 0 Å². The van der Waals surface area contributed by atoms with Gasteiger partial charge < -0.3 is 5.32 Å². The molecule has 0 aliphatic heterocycles. The summed E-state index contributed by atoms with van der Waals surface area (Å²) in [4.78, 5) is 23.9. The van der Waals surface area contributed by atoms with E-state index >= 15 is 0 Å². The molecule has 0 aliphatic carbocycles. The van der Waals surface area contributed by atoms with E-state index in [1.807, 2.05) is 56.3 Å². The van der Waals surface area contributed by atoms with E-state index in [9.17, 15) is 9.59 Å². The molecule has 26 heavy (non-hydrogen) atoms. The second-order valence-corrected chi connectivity index (χ2v) is 7.91. The Hall–Kier alpha value is -1.74. The Morgan fingerprint density at radius 3 is 2.38 bits per heavy atom. The topological polar surface area (TPSA) is 70.6 Å². The normalized spacial score (nSPS) is 11.2. The van der Waals surface area contributed by atoms with Crippen molar-refractivity contribution >= 4 is 61.7 Å². The third-order valence-electron chi connectivity index (χ3n) is 3.65. The summed E-state index contributed by atoms with van der Waals surface area (Å²) in [7, 11) is 0. The average molecular weight is 528 g/mol. The Labute approximate surface area is 174 Å². The smallest absolute Gasteiger partial charge is 0.240 e. The molecule has 0 radical (unpaired) electrons. The highest BCUT2D eigenvalue weighted by Crippen LogP contribution is 2.18. The zero-order valence-corrected chi connectivity index (χ0v) is 18.2. The van der Waals surface area contributed by atoms with Gasteiger partial charge in [-0.1, -0.05) is 28.1 Å². The zero-order valence-electron chi connectivity index (χ0n) is 14.5. The Kier molecular flexibility index (Phi) is 7.77. The van der Waals surface area contributed by atoms with E-state index in [0.29, 0.717) is 5.71 Å². The SMILES string of the molecule is CC(=NNC(=O)CCC(=O)Nc1ccc(I)cc1C)c1ccc(Br)cc1. The van der Waals surface area contributed by atoms with Gasteiger partial charge in [-0.2, -0.15) is 5.10 Å². The molecule has 2 aromatic carbocycles. The number of anilines is 1. The standard InChI is InChI=1S/C19H19BrIN3O2/c1-12-11-16(21)7-8-17(12)22-18(25)9-10-19(26)24-23-13(2)14-3-5-15(20)6-4-14/h3-8,11H,9-10H2,1-2H3,(H,22,25)(H,24,26). The molecular weight excluding hydrogens is 509 g/mol. The van der Waals surface area contributed by atoms with Crippen LogP contribution in [0.3, 0.4) is 0 Å². The lowest BCUT2D eigenvalue weighted by Gasteiger charge is -2.08. The van der Waals surface area contributed by atoms with Crippen LogP contribution < -0.4 is 10.7 Å². The minimum absolute atomic E-state index is 0.0758. The van der Waals surface area contributed by atoms with Crippen LogP contribution in [0.2, 0.25) is 0 Å². The molecule has 136 valence electrons. The summed E-state index contributed by atoms with van der Waals surface area (Å²) in [5.74, 6) is -0.492. The van der Waals surface area contributed by atoms with Crippen LogP contribution in [0.1, 0.15) is 30.9 Å². The average Bonchev–Trinajstić information content (AvgIpc) is 2.61. The number of hydrogen-bond acceptors (Lipinski definition) is 3. The molecule has 2 amide bonds. The van der Waals surface area contributed by atoms with Gasteiger partial charge in [-0.15, -0.1) is 0 Å². The zero-order chi connectivity index (χ0) is 19.1. The number of hydrazone groups is 1. The lowest BCUT2D eigenvalue weighted by Crippen LogP contribution is -2.22. The molecular formula is C19H19BrIN3O2. The lowest BCUT2D eigenvalue weighted by molar-refractivity contribution is -0.124. The summed E-state index contributed by atoms with van der Waals surface area (Å²) >= 11 is 5.60. The van der Waals surface area contributed by atoms with Crippen molar-refractivity contribution in [3.8, 4) is 0 Å². The molecule has 0 bridgehead atoms. The molecule has 0 unspecified atom stereocenters. The van der Waals surface area contributed by atoms with Gasteiger partial charge in [0.15, 0.2) is 0 Å². The predicted octanol–water partition coefficient (Wildman–Crippen LogP) is 4.62. The summed E-state index contributed by atoms with van der Waals surface area (Å²) in [5.41, 5.74) is 5.86. The van der Waals surface area contributed by atoms with E-state index in [2.05, 4.69) is 54.4 Å². The van der Waals surface area contributed by atoms with Crippen molar-refractivity contribution in [3.05, 3.63) is 61.6 Å². The van der Waals surface area contributed by atoms with E-state index in [0.717, 1.165) is 24.9 Å². The van der Waals surface area contributed by atoms with Crippen LogP contribution in [0.25, 0.3) is 0 Å². The summed E-state index contributed by atoms with van der Waals surface area (Å²) < 4.78 is 2.09. The summed E-state index contributed by atoms with van der Waals surface area (Å²) in [6, 6.07) is 13.4. The van der Waals surface area contributed by atoms with Crippen LogP contribution >= 0.6 is 38.5 Å². The van der Waals surface area contributed by atoms with Crippen molar-refractivity contribution < 1.29 is 9.59 Å². The third kappa shape index (κ3) is 6.53. The number of aryl methyl sites for hydroxylation is 1. The fourth-order valence-electron chi connectivity index (χ4n) is 2.16. The molecule has 2 aromatic rings. The monoisotopic (exact) mass is 527 g/mol. The summed E-state index contributed by atoms with van der Waals surface area (Å²) in [6.45, 7) is 3.75. The minimum Gasteiger partial charge on any atom is -0.326 e. The van der Waals surface area contributed by atoms with Gasteiger partial charge >= 0.3 is 0 Å². The second kappa shape index (κ2) is 9.82. The Morgan fingerprint density at radius 1 is 1.08 bits per heavy atom. The quantitative estimate of drug-likeness (QED) is 0.327. The first kappa shape index (κ1) is 20.6. The van der Waals surface area contributed by atoms with Crippen LogP contribution in [-0.4, -0.2) is 17.5 Å². The highest BCUT2D eigenvalue weighted by atomic mass is 127. The lowest BCUT2D eigenvalue weighted by atomic mass is 10.1. The molecule has 0 heterocycles. The maximum absolute atomic E-state index is 12.0. The van der Waals surface area contributed by atoms with Gasteiger partial charge in [-0.05, 0) is 77.9 Å². The number of benzene rings is 2. The first-order chi connectivity index (χ1) is 12.3. The molecule has 2 rings (SSSR count). The van der Waals surface area contributed by atoms with Crippen molar-refractivity contribution in [2.75, 3.05) is 5.32 Å². The number of rotatable bonds is 6. The fraction of sp³-hybridized carbons (Fsp3) is 0.211. The Bertz CT molecular complexity index is 835. The van der Waals surface area contributed by atoms with Gasteiger partial charge in [0, 0.05) is 26.6 Å². The second-order valence-electron chi connectivity index (χ2n) is 5.75. The van der Waals surface area contributed by atoms with Gasteiger partial charge in [0.25, 0.3) is 0 Å². The van der Waals surface area contributed by atoms with Gasteiger partial charge in [0.05, 0.1) is 5.71 Å². The highest BCUT2D eigenvalue weighted by Gasteiger charge is 2.09. The van der Waals surface area contributed by atoms with Crippen molar-refractivity contribution in [3.63, 3.8) is 0 Å². The van der Waals surface area contributed by atoms with Gasteiger partial charge in [0.1, 0.15) is 0 Å². The van der Waals surface area contributed by atoms with Gasteiger partial charge in [-0.3, -0.25) is 9.59 Å². The molecule has 0 saturated carbocycles. The van der Waals surface area contributed by atoms with Crippen LogP contribution in [0.4, 0.5) is 5.69 Å². The highest BCUT2D eigenvalue weighted by molar-refractivity contribution is 14.1. The molecule has 7 heteroatoms. The molecule has 5 nitrogen and oxygen atoms in total. The minimum atomic E-state index is -0.295. The summed E-state index contributed by atoms with van der Waals surface area (Å²) in [6.07, 6.45) is 0.177. The fourth-order valence-corrected chi connectivity index (χ4v) is 3.08. The number of carbonyl (C=O) groups excluding carboxylic acids is 2. The number of nitrogens with zero attached hydrogens (tertiary/aromatic N) is 1. The largest absolute Gasteiger partial charge is 0.326 e. The van der Waals surface area contributed by atoms with E-state index in [-0.39, 0.29) is 24.7 Å². The van der Waals surface area contributed by atoms with Crippen LogP contribution in [0.5, 0.6) is 0 Å². The Morgan fingerprint density at radius 2 is 1.73 bits per heavy atom. The van der Waals surface area contributed by atoms with Crippen molar-refractivity contribution in [2.45, 2.75) is 26.7 Å². The number of carbonyl (C=O) groups is 2. The molecule has 2 N–H and O–H groups in total. The van der Waals surface area contributed by atoms with Gasteiger partial charge in [0.2, 0.25) is 11.8 Å². The predicted molar refractivity (Wildman–Crippen MR) is 116 cm³/mol. The number of hydrogen-bond donors (Lipinski definition) is 2. The van der Waals surface area contributed by atoms with Crippen LogP contribution in [0.15, 0.2) is 52.0 Å². The summed E-state index contributed by atoms with van der Waals surface area (Å²) in [5, 5.41) is 6.91. The van der Waals surface area contributed by atoms with Crippen molar-refractivity contribution in [1.82, 2.24) is 5.43 Å². The van der Waals surface area contributed by atoms with E-state index in [1.54, 1.807) is 0 Å². The molecule has 0 aromatic heterocycles. The molecule has 0 atom stereocenters. The molecule has 0 saturated heterocycles. The van der Waals surface area contributed by atoms with Crippen LogP contribution in [0, 0.1) is 10.5 Å². The molecule has 0 aliphatic rings. The van der Waals surface area contributed by atoms with Crippen molar-refractivity contribution in [2.24, 2.45) is 5.10 Å². The van der Waals surface area contributed by atoms with E-state index < -0.39 is 0 Å². The number of amides is 2. The number of nitrogens with one attached hydrogen (secondary N) is 2. The third-order valence-corrected chi connectivity index (χ3v) is 4.85. The first-order valence-electron chi connectivity index (χ1n) is 8.00. The maximum Gasteiger partial charge on any atom is 0.240 e. The van der Waals surface area contributed by atoms with E-state index in [1.165, 1.54) is 0 Å². The van der Waals surface area contributed by atoms with Crippen LogP contribution in [-0.2, 0) is 9.59 Å².